The van der Waals surface area contributed by atoms with E-state index < -0.39 is 0 Å². The molecule has 2 aromatic rings. The zero-order chi connectivity index (χ0) is 16.9. The highest BCUT2D eigenvalue weighted by atomic mass is 19.1. The van der Waals surface area contributed by atoms with E-state index in [-0.39, 0.29) is 5.82 Å². The summed E-state index contributed by atoms with van der Waals surface area (Å²) in [5.41, 5.74) is 1.66. The molecule has 0 spiro atoms. The van der Waals surface area contributed by atoms with Gasteiger partial charge in [-0.25, -0.2) is 9.37 Å². The number of allylic oxidation sites excluding steroid dienone is 1. The molecule has 1 N–H and O–H groups in total. The van der Waals surface area contributed by atoms with Gasteiger partial charge in [0.15, 0.2) is 0 Å². The lowest BCUT2D eigenvalue weighted by atomic mass is 10.3. The van der Waals surface area contributed by atoms with Crippen molar-refractivity contribution >= 4 is 23.5 Å². The molecule has 1 aromatic carbocycles. The fourth-order valence-electron chi connectivity index (χ4n) is 2.49. The molecule has 3 rings (SSSR count). The molecule has 126 valence electrons. The van der Waals surface area contributed by atoms with Crippen molar-refractivity contribution in [3.63, 3.8) is 0 Å². The molecule has 1 aromatic heterocycles. The van der Waals surface area contributed by atoms with E-state index >= 15 is 0 Å². The normalized spacial score (nSPS) is 14.1. The average Bonchev–Trinajstić information content (AvgIpc) is 3.41. The van der Waals surface area contributed by atoms with Crippen LogP contribution in [0.15, 0.2) is 36.4 Å². The first kappa shape index (κ1) is 16.4. The molecule has 0 amide bonds. The van der Waals surface area contributed by atoms with Gasteiger partial charge in [0.1, 0.15) is 11.6 Å². The third-order valence-electron chi connectivity index (χ3n) is 4.08. The van der Waals surface area contributed by atoms with Crippen LogP contribution in [0.1, 0.15) is 32.4 Å². The first-order valence-electron chi connectivity index (χ1n) is 8.52. The smallest absolute Gasteiger partial charge is 0.229 e. The van der Waals surface area contributed by atoms with Gasteiger partial charge in [0.25, 0.3) is 0 Å². The zero-order valence-electron chi connectivity index (χ0n) is 14.2. The molecule has 0 radical (unpaired) electrons. The maximum absolute atomic E-state index is 13.1. The van der Waals surface area contributed by atoms with Crippen LogP contribution in [0.4, 0.5) is 21.8 Å². The lowest BCUT2D eigenvalue weighted by molar-refractivity contribution is 0.628. The van der Waals surface area contributed by atoms with Gasteiger partial charge in [0.2, 0.25) is 5.95 Å². The number of nitrogens with one attached hydrogen (secondary N) is 1. The summed E-state index contributed by atoms with van der Waals surface area (Å²) >= 11 is 0. The number of benzene rings is 1. The number of hydrogen-bond donors (Lipinski definition) is 1. The minimum Gasteiger partial charge on any atom is -0.357 e. The molecule has 1 heterocycles. The fraction of sp³-hybridized carbons (Fsp3) is 0.368. The summed E-state index contributed by atoms with van der Waals surface area (Å²) in [4.78, 5) is 11.4. The number of nitrogens with zero attached hydrogens (tertiary/aromatic N) is 3. The van der Waals surface area contributed by atoms with E-state index in [0.29, 0.717) is 11.9 Å². The van der Waals surface area contributed by atoms with Gasteiger partial charge in [-0.05, 0) is 62.9 Å². The largest absolute Gasteiger partial charge is 0.357 e. The molecule has 0 bridgehead atoms. The first-order valence-corrected chi connectivity index (χ1v) is 8.52. The van der Waals surface area contributed by atoms with E-state index in [1.54, 1.807) is 12.1 Å². The zero-order valence-corrected chi connectivity index (χ0v) is 14.2. The topological polar surface area (TPSA) is 41.1 Å². The molecular formula is C19H23FN4. The quantitative estimate of drug-likeness (QED) is 0.805. The van der Waals surface area contributed by atoms with Crippen LogP contribution in [-0.2, 0) is 0 Å². The standard InChI is InChI=1S/C19H23FN4/c1-3-24(4-2)18-13-17(10-7-14-5-6-14)22-19(23-18)21-16-11-8-15(20)9-12-16/h7-14H,3-6H2,1-2H3,(H,21,22,23)/b10-7+. The fourth-order valence-corrected chi connectivity index (χ4v) is 2.49. The van der Waals surface area contributed by atoms with E-state index in [9.17, 15) is 4.39 Å². The number of anilines is 3. The second-order valence-electron chi connectivity index (χ2n) is 5.98. The van der Waals surface area contributed by atoms with Gasteiger partial charge in [0.05, 0.1) is 5.69 Å². The molecule has 1 aliphatic rings. The minimum absolute atomic E-state index is 0.258. The van der Waals surface area contributed by atoms with Crippen LogP contribution in [0, 0.1) is 11.7 Å². The van der Waals surface area contributed by atoms with Crippen molar-refractivity contribution in [3.8, 4) is 0 Å². The summed E-state index contributed by atoms with van der Waals surface area (Å²) in [6.45, 7) is 5.99. The molecule has 4 nitrogen and oxygen atoms in total. The molecule has 24 heavy (non-hydrogen) atoms. The molecule has 0 aliphatic heterocycles. The predicted molar refractivity (Wildman–Crippen MR) is 97.0 cm³/mol. The highest BCUT2D eigenvalue weighted by Gasteiger charge is 2.17. The van der Waals surface area contributed by atoms with Crippen LogP contribution in [0.2, 0.25) is 0 Å². The van der Waals surface area contributed by atoms with Crippen LogP contribution in [0.5, 0.6) is 0 Å². The molecular weight excluding hydrogens is 303 g/mol. The van der Waals surface area contributed by atoms with Gasteiger partial charge in [-0.1, -0.05) is 6.08 Å². The molecule has 1 fully saturated rings. The van der Waals surface area contributed by atoms with E-state index in [4.69, 9.17) is 0 Å². The van der Waals surface area contributed by atoms with Crippen molar-refractivity contribution < 1.29 is 4.39 Å². The first-order chi connectivity index (χ1) is 11.7. The van der Waals surface area contributed by atoms with Crippen molar-refractivity contribution in [1.82, 2.24) is 9.97 Å². The average molecular weight is 326 g/mol. The van der Waals surface area contributed by atoms with Crippen molar-refractivity contribution in [2.24, 2.45) is 5.92 Å². The summed E-state index contributed by atoms with van der Waals surface area (Å²) in [5, 5.41) is 3.17. The van der Waals surface area contributed by atoms with Gasteiger partial charge in [-0.2, -0.15) is 4.98 Å². The Hall–Kier alpha value is -2.43. The molecule has 0 saturated heterocycles. The Bertz CT molecular complexity index is 704. The van der Waals surface area contributed by atoms with Gasteiger partial charge in [0, 0.05) is 24.8 Å². The summed E-state index contributed by atoms with van der Waals surface area (Å²) in [5.74, 6) is 1.87. The Morgan fingerprint density at radius 3 is 2.50 bits per heavy atom. The van der Waals surface area contributed by atoms with E-state index in [1.807, 2.05) is 6.07 Å². The minimum atomic E-state index is -0.258. The second-order valence-corrected chi connectivity index (χ2v) is 5.98. The second kappa shape index (κ2) is 7.43. The Labute approximate surface area is 142 Å². The van der Waals surface area contributed by atoms with Crippen molar-refractivity contribution in [2.75, 3.05) is 23.3 Å². The number of hydrogen-bond acceptors (Lipinski definition) is 4. The summed E-state index contributed by atoms with van der Waals surface area (Å²) in [7, 11) is 0. The Kier molecular flexibility index (Phi) is 5.08. The Morgan fingerprint density at radius 2 is 1.88 bits per heavy atom. The van der Waals surface area contributed by atoms with Crippen LogP contribution >= 0.6 is 0 Å². The van der Waals surface area contributed by atoms with Crippen LogP contribution in [0.25, 0.3) is 6.08 Å². The highest BCUT2D eigenvalue weighted by molar-refractivity contribution is 5.59. The monoisotopic (exact) mass is 326 g/mol. The summed E-state index contributed by atoms with van der Waals surface area (Å²) in [6.07, 6.45) is 6.83. The maximum atomic E-state index is 13.1. The third kappa shape index (κ3) is 4.31. The van der Waals surface area contributed by atoms with E-state index in [1.165, 1.54) is 25.0 Å². The molecule has 0 unspecified atom stereocenters. The lowest BCUT2D eigenvalue weighted by Gasteiger charge is -2.20. The van der Waals surface area contributed by atoms with Crippen LogP contribution in [-0.4, -0.2) is 23.1 Å². The molecule has 5 heteroatoms. The summed E-state index contributed by atoms with van der Waals surface area (Å²) in [6, 6.07) is 8.22. The van der Waals surface area contributed by atoms with E-state index in [2.05, 4.69) is 46.2 Å². The highest BCUT2D eigenvalue weighted by Crippen LogP contribution is 2.31. The number of halogens is 1. The number of rotatable bonds is 7. The van der Waals surface area contributed by atoms with E-state index in [0.717, 1.165) is 30.3 Å². The van der Waals surface area contributed by atoms with Gasteiger partial charge in [-0.3, -0.25) is 0 Å². The van der Waals surface area contributed by atoms with Crippen molar-refractivity contribution in [2.45, 2.75) is 26.7 Å². The van der Waals surface area contributed by atoms with Crippen LogP contribution < -0.4 is 10.2 Å². The lowest BCUT2D eigenvalue weighted by Crippen LogP contribution is -2.23. The van der Waals surface area contributed by atoms with Crippen molar-refractivity contribution in [3.05, 3.63) is 47.9 Å². The molecule has 1 aliphatic carbocycles. The molecule has 1 saturated carbocycles. The maximum Gasteiger partial charge on any atom is 0.229 e. The van der Waals surface area contributed by atoms with Gasteiger partial charge < -0.3 is 10.2 Å². The third-order valence-corrected chi connectivity index (χ3v) is 4.08. The summed E-state index contributed by atoms with van der Waals surface area (Å²) < 4.78 is 13.1. The van der Waals surface area contributed by atoms with Gasteiger partial charge >= 0.3 is 0 Å². The predicted octanol–water partition coefficient (Wildman–Crippen LogP) is 4.63. The Morgan fingerprint density at radius 1 is 1.17 bits per heavy atom. The number of aromatic nitrogens is 2. The van der Waals surface area contributed by atoms with Gasteiger partial charge in [-0.15, -0.1) is 0 Å². The SMILES string of the molecule is CCN(CC)c1cc(/C=C/C2CC2)nc(Nc2ccc(F)cc2)n1. The molecule has 0 atom stereocenters. The van der Waals surface area contributed by atoms with Crippen LogP contribution in [0.3, 0.4) is 0 Å². The van der Waals surface area contributed by atoms with Crippen molar-refractivity contribution in [1.29, 1.82) is 0 Å². The Balaban J connectivity index is 1.88.